The van der Waals surface area contributed by atoms with Gasteiger partial charge >= 0.3 is 0 Å². The fourth-order valence-corrected chi connectivity index (χ4v) is 1.99. The van der Waals surface area contributed by atoms with Crippen LogP contribution in [0.4, 0.5) is 11.6 Å². The van der Waals surface area contributed by atoms with Gasteiger partial charge in [0.05, 0.1) is 6.61 Å². The first kappa shape index (κ1) is 18.1. The number of hydrogen-bond donors (Lipinski definition) is 3. The quantitative estimate of drug-likeness (QED) is 0.645. The van der Waals surface area contributed by atoms with Gasteiger partial charge in [0.1, 0.15) is 0 Å². The zero-order valence-electron chi connectivity index (χ0n) is 14.1. The molecule has 0 unspecified atom stereocenters. The van der Waals surface area contributed by atoms with Gasteiger partial charge in [0, 0.05) is 19.2 Å². The lowest BCUT2D eigenvalue weighted by molar-refractivity contribution is 0.0761. The molecule has 2 rings (SSSR count). The minimum Gasteiger partial charge on any atom is -0.505 e. The smallest absolute Gasteiger partial charge is 0.291 e. The van der Waals surface area contributed by atoms with Gasteiger partial charge in [-0.2, -0.15) is 4.98 Å². The number of hydrogen-bond acceptors (Lipinski definition) is 8. The van der Waals surface area contributed by atoms with Crippen LogP contribution in [0.3, 0.4) is 0 Å². The summed E-state index contributed by atoms with van der Waals surface area (Å²) in [6.45, 7) is 6.82. The highest BCUT2D eigenvalue weighted by Crippen LogP contribution is 2.25. The number of carbonyl (C=O) groups excluding carboxylic acids is 1. The summed E-state index contributed by atoms with van der Waals surface area (Å²) in [6, 6.07) is 1.21. The molecule has 0 saturated heterocycles. The van der Waals surface area contributed by atoms with Crippen LogP contribution in [0.2, 0.25) is 0 Å². The molecule has 2 aromatic rings. The van der Waals surface area contributed by atoms with Crippen molar-refractivity contribution in [2.24, 2.45) is 10.2 Å². The summed E-state index contributed by atoms with van der Waals surface area (Å²) < 4.78 is 5.10. The standard InChI is InChI=1S/C14H19N7O4/c1-4-21(5-2)13(24)11-16-14(20-18-11)19-17-10-8(22)7-9(25-6-3)15-12(10)23/h7H,4-6H2,1-3H3,(H2,15,22,23)(H,16,18,20). The van der Waals surface area contributed by atoms with E-state index in [2.05, 4.69) is 30.4 Å². The van der Waals surface area contributed by atoms with E-state index in [1.54, 1.807) is 11.8 Å². The van der Waals surface area contributed by atoms with E-state index in [1.807, 2.05) is 13.8 Å². The summed E-state index contributed by atoms with van der Waals surface area (Å²) in [4.78, 5) is 31.9. The Morgan fingerprint density at radius 2 is 2.04 bits per heavy atom. The van der Waals surface area contributed by atoms with Gasteiger partial charge in [0.25, 0.3) is 17.4 Å². The van der Waals surface area contributed by atoms with Crippen LogP contribution in [0.5, 0.6) is 11.6 Å². The van der Waals surface area contributed by atoms with Crippen LogP contribution in [-0.4, -0.2) is 55.8 Å². The van der Waals surface area contributed by atoms with E-state index in [9.17, 15) is 14.7 Å². The summed E-state index contributed by atoms with van der Waals surface area (Å²) >= 11 is 0. The van der Waals surface area contributed by atoms with Crippen molar-refractivity contribution in [2.75, 3.05) is 19.7 Å². The van der Waals surface area contributed by atoms with Gasteiger partial charge < -0.3 is 14.7 Å². The second-order valence-electron chi connectivity index (χ2n) is 4.79. The van der Waals surface area contributed by atoms with E-state index in [0.717, 1.165) is 0 Å². The molecule has 0 aliphatic rings. The molecule has 0 radical (unpaired) electrons. The third kappa shape index (κ3) is 4.19. The maximum Gasteiger partial charge on any atom is 0.291 e. The minimum absolute atomic E-state index is 0.0162. The Hall–Kier alpha value is -3.24. The Labute approximate surface area is 142 Å². The number of aromatic hydroxyl groups is 1. The normalized spacial score (nSPS) is 11.0. The molecule has 3 N–H and O–H groups in total. The maximum atomic E-state index is 12.1. The van der Waals surface area contributed by atoms with E-state index in [1.165, 1.54) is 6.07 Å². The van der Waals surface area contributed by atoms with Gasteiger partial charge in [-0.15, -0.1) is 15.3 Å². The second-order valence-corrected chi connectivity index (χ2v) is 4.79. The molecule has 0 saturated carbocycles. The van der Waals surface area contributed by atoms with Crippen LogP contribution in [-0.2, 0) is 0 Å². The van der Waals surface area contributed by atoms with E-state index in [-0.39, 0.29) is 29.2 Å². The molecular weight excluding hydrogens is 330 g/mol. The van der Waals surface area contributed by atoms with E-state index in [0.29, 0.717) is 19.7 Å². The van der Waals surface area contributed by atoms with Crippen molar-refractivity contribution in [3.63, 3.8) is 0 Å². The lowest BCUT2D eigenvalue weighted by Gasteiger charge is -2.16. The highest BCUT2D eigenvalue weighted by Gasteiger charge is 2.17. The van der Waals surface area contributed by atoms with Crippen molar-refractivity contribution in [3.05, 3.63) is 22.2 Å². The molecule has 2 aromatic heterocycles. The zero-order valence-corrected chi connectivity index (χ0v) is 14.1. The fourth-order valence-electron chi connectivity index (χ4n) is 1.99. The number of H-pyrrole nitrogens is 2. The predicted molar refractivity (Wildman–Crippen MR) is 87.7 cm³/mol. The third-order valence-electron chi connectivity index (χ3n) is 3.23. The molecule has 25 heavy (non-hydrogen) atoms. The van der Waals surface area contributed by atoms with Crippen molar-refractivity contribution in [1.29, 1.82) is 0 Å². The molecule has 2 heterocycles. The van der Waals surface area contributed by atoms with E-state index >= 15 is 0 Å². The number of ether oxygens (including phenoxy) is 1. The number of amides is 1. The minimum atomic E-state index is -0.679. The number of nitrogens with zero attached hydrogens (tertiary/aromatic N) is 5. The summed E-state index contributed by atoms with van der Waals surface area (Å²) in [6.07, 6.45) is 0. The number of aromatic amines is 2. The molecule has 0 aromatic carbocycles. The van der Waals surface area contributed by atoms with E-state index < -0.39 is 11.3 Å². The molecule has 11 nitrogen and oxygen atoms in total. The number of pyridine rings is 1. The molecular formula is C14H19N7O4. The van der Waals surface area contributed by atoms with E-state index in [4.69, 9.17) is 4.74 Å². The van der Waals surface area contributed by atoms with Crippen LogP contribution in [0.1, 0.15) is 31.4 Å². The fraction of sp³-hybridized carbons (Fsp3) is 0.429. The van der Waals surface area contributed by atoms with Gasteiger partial charge in [0.15, 0.2) is 17.3 Å². The van der Waals surface area contributed by atoms with Crippen molar-refractivity contribution >= 4 is 17.5 Å². The van der Waals surface area contributed by atoms with Crippen molar-refractivity contribution in [1.82, 2.24) is 25.1 Å². The predicted octanol–water partition coefficient (Wildman–Crippen LogP) is 1.49. The number of aromatic nitrogens is 4. The number of nitrogens with one attached hydrogen (secondary N) is 2. The Bertz CT molecular complexity index is 823. The van der Waals surface area contributed by atoms with Crippen LogP contribution in [0.25, 0.3) is 0 Å². The second kappa shape index (κ2) is 8.04. The monoisotopic (exact) mass is 349 g/mol. The topological polar surface area (TPSA) is 149 Å². The molecule has 0 aliphatic carbocycles. The number of azo groups is 1. The van der Waals surface area contributed by atoms with Gasteiger partial charge in [0.2, 0.25) is 5.82 Å². The van der Waals surface area contributed by atoms with Gasteiger partial charge in [-0.3, -0.25) is 19.7 Å². The molecule has 0 bridgehead atoms. The lowest BCUT2D eigenvalue weighted by atomic mass is 10.4. The van der Waals surface area contributed by atoms with Crippen molar-refractivity contribution < 1.29 is 14.6 Å². The van der Waals surface area contributed by atoms with Crippen LogP contribution in [0, 0.1) is 0 Å². The zero-order chi connectivity index (χ0) is 18.4. The highest BCUT2D eigenvalue weighted by atomic mass is 16.5. The summed E-state index contributed by atoms with van der Waals surface area (Å²) in [7, 11) is 0. The number of rotatable bonds is 7. The molecule has 0 aliphatic heterocycles. The van der Waals surface area contributed by atoms with Crippen LogP contribution in [0.15, 0.2) is 21.1 Å². The Balaban J connectivity index is 2.21. The number of carbonyl (C=O) groups is 1. The van der Waals surface area contributed by atoms with Crippen molar-refractivity contribution in [3.8, 4) is 11.6 Å². The first-order valence-electron chi connectivity index (χ1n) is 7.72. The van der Waals surface area contributed by atoms with Gasteiger partial charge in [-0.05, 0) is 20.8 Å². The first-order chi connectivity index (χ1) is 12.0. The largest absolute Gasteiger partial charge is 0.505 e. The summed E-state index contributed by atoms with van der Waals surface area (Å²) in [5, 5.41) is 23.4. The maximum absolute atomic E-state index is 12.1. The van der Waals surface area contributed by atoms with Gasteiger partial charge in [-0.1, -0.05) is 0 Å². The van der Waals surface area contributed by atoms with Crippen LogP contribution < -0.4 is 10.3 Å². The first-order valence-corrected chi connectivity index (χ1v) is 7.72. The lowest BCUT2D eigenvalue weighted by Crippen LogP contribution is -2.31. The summed E-state index contributed by atoms with van der Waals surface area (Å²) in [5.41, 5.74) is -0.993. The average molecular weight is 349 g/mol. The molecule has 0 atom stereocenters. The molecule has 1 amide bonds. The third-order valence-corrected chi connectivity index (χ3v) is 3.23. The summed E-state index contributed by atoms with van der Waals surface area (Å²) in [5.74, 6) is -0.716. The molecule has 11 heteroatoms. The Kier molecular flexibility index (Phi) is 5.82. The average Bonchev–Trinajstić information content (AvgIpc) is 3.04. The highest BCUT2D eigenvalue weighted by molar-refractivity contribution is 5.90. The Morgan fingerprint density at radius 1 is 1.32 bits per heavy atom. The molecule has 0 spiro atoms. The molecule has 0 fully saturated rings. The van der Waals surface area contributed by atoms with Crippen molar-refractivity contribution in [2.45, 2.75) is 20.8 Å². The van der Waals surface area contributed by atoms with Gasteiger partial charge in [-0.25, -0.2) is 0 Å². The SMILES string of the molecule is CCOc1cc(O)c(N=Nc2n[nH]c(C(=O)N(CC)CC)n2)c(=O)[nH]1. The Morgan fingerprint density at radius 3 is 2.64 bits per heavy atom. The molecule has 134 valence electrons. The van der Waals surface area contributed by atoms with Crippen LogP contribution >= 0.6 is 0 Å².